The van der Waals surface area contributed by atoms with Crippen molar-refractivity contribution in [2.45, 2.75) is 19.3 Å². The molecule has 0 radical (unpaired) electrons. The average Bonchev–Trinajstić information content (AvgIpc) is 3.05. The molecule has 158 valence electrons. The van der Waals surface area contributed by atoms with Crippen molar-refractivity contribution in [3.8, 4) is 17.0 Å². The summed E-state index contributed by atoms with van der Waals surface area (Å²) in [6.07, 6.45) is -10.6. The van der Waals surface area contributed by atoms with Gasteiger partial charge in [0, 0.05) is 11.8 Å². The summed E-state index contributed by atoms with van der Waals surface area (Å²) < 4.78 is 88.2. The van der Waals surface area contributed by atoms with Crippen molar-refractivity contribution in [2.24, 2.45) is 0 Å². The first-order valence-electron chi connectivity index (χ1n) is 8.24. The monoisotopic (exact) mass is 430 g/mol. The van der Waals surface area contributed by atoms with Crippen LogP contribution in [0.2, 0.25) is 0 Å². The number of carbonyl (C=O) groups excluding carboxylic acids is 1. The normalized spacial score (nSPS) is 12.0. The third kappa shape index (κ3) is 4.91. The first kappa shape index (κ1) is 21.2. The molecule has 0 bridgehead atoms. The van der Waals surface area contributed by atoms with Gasteiger partial charge in [0.05, 0.1) is 11.1 Å². The molecule has 1 N–H and O–H groups in total. The van der Waals surface area contributed by atoms with Crippen LogP contribution < -0.4 is 10.1 Å². The van der Waals surface area contributed by atoms with Crippen LogP contribution in [0.15, 0.2) is 53.1 Å². The highest BCUT2D eigenvalue weighted by Gasteiger charge is 2.37. The number of benzene rings is 2. The molecule has 1 aromatic heterocycles. The number of rotatable bonds is 3. The first-order valence-corrected chi connectivity index (χ1v) is 8.24. The van der Waals surface area contributed by atoms with Crippen LogP contribution in [-0.4, -0.2) is 11.2 Å². The highest BCUT2D eigenvalue weighted by atomic mass is 19.4. The minimum Gasteiger partial charge on any atom is -0.388 e. The van der Waals surface area contributed by atoms with Gasteiger partial charge in [0.25, 0.3) is 5.88 Å². The van der Waals surface area contributed by atoms with Gasteiger partial charge in [-0.05, 0) is 53.5 Å². The second kappa shape index (κ2) is 7.73. The van der Waals surface area contributed by atoms with E-state index in [-0.39, 0.29) is 17.1 Å². The number of nitrogens with one attached hydrogen (secondary N) is 1. The maximum atomic E-state index is 13.3. The summed E-state index contributed by atoms with van der Waals surface area (Å²) in [5, 5.41) is 5.77. The highest BCUT2D eigenvalue weighted by Crippen LogP contribution is 2.40. The summed E-state index contributed by atoms with van der Waals surface area (Å²) in [6, 6.07) is 7.32. The summed E-state index contributed by atoms with van der Waals surface area (Å²) in [4.78, 5) is 11.8. The number of amides is 1. The van der Waals surface area contributed by atoms with Gasteiger partial charge in [0.1, 0.15) is 5.76 Å². The maximum Gasteiger partial charge on any atom is 0.418 e. The zero-order chi connectivity index (χ0) is 22.1. The third-order valence-electron chi connectivity index (χ3n) is 3.90. The molecule has 30 heavy (non-hydrogen) atoms. The Bertz CT molecular complexity index is 1060. The van der Waals surface area contributed by atoms with E-state index in [1.807, 2.05) is 0 Å². The lowest BCUT2D eigenvalue weighted by atomic mass is 9.96. The molecule has 0 fully saturated rings. The zero-order valence-electron chi connectivity index (χ0n) is 15.1. The number of aryl methyl sites for hydroxylation is 1. The molecular weight excluding hydrogens is 418 g/mol. The van der Waals surface area contributed by atoms with Gasteiger partial charge in [-0.25, -0.2) is 4.79 Å². The van der Waals surface area contributed by atoms with E-state index in [1.54, 1.807) is 6.92 Å². The number of anilines is 1. The van der Waals surface area contributed by atoms with Crippen LogP contribution in [0, 0.1) is 6.92 Å². The number of ether oxygens (including phenoxy) is 1. The fraction of sp³-hybridized carbons (Fsp3) is 0.158. The molecule has 0 saturated carbocycles. The molecule has 0 aliphatic rings. The van der Waals surface area contributed by atoms with Gasteiger partial charge in [-0.3, -0.25) is 5.32 Å². The van der Waals surface area contributed by atoms with E-state index >= 15 is 0 Å². The van der Waals surface area contributed by atoms with Crippen molar-refractivity contribution >= 4 is 11.8 Å². The lowest BCUT2D eigenvalue weighted by molar-refractivity contribution is -0.141. The Kier molecular flexibility index (Phi) is 5.47. The SMILES string of the molecule is Cc1cc(OC(=O)Nc2ccc(-c3cc(C(F)(F)F)ccc3C(F)(F)F)cc2)no1. The Morgan fingerprint density at radius 1 is 0.967 bits per heavy atom. The summed E-state index contributed by atoms with van der Waals surface area (Å²) in [7, 11) is 0. The summed E-state index contributed by atoms with van der Waals surface area (Å²) in [6.45, 7) is 1.58. The van der Waals surface area contributed by atoms with E-state index in [0.29, 0.717) is 24.0 Å². The van der Waals surface area contributed by atoms with Gasteiger partial charge in [-0.2, -0.15) is 26.3 Å². The number of alkyl halides is 6. The van der Waals surface area contributed by atoms with E-state index in [1.165, 1.54) is 18.2 Å². The molecular formula is C19H12F6N2O3. The lowest BCUT2D eigenvalue weighted by Crippen LogP contribution is -2.16. The lowest BCUT2D eigenvalue weighted by Gasteiger charge is -2.16. The Morgan fingerprint density at radius 2 is 1.63 bits per heavy atom. The molecule has 0 aliphatic carbocycles. The molecule has 0 atom stereocenters. The van der Waals surface area contributed by atoms with Crippen molar-refractivity contribution in [1.82, 2.24) is 5.16 Å². The molecule has 0 unspecified atom stereocenters. The molecule has 1 amide bonds. The van der Waals surface area contributed by atoms with Crippen LogP contribution in [-0.2, 0) is 12.4 Å². The van der Waals surface area contributed by atoms with E-state index in [0.717, 1.165) is 12.1 Å². The van der Waals surface area contributed by atoms with Gasteiger partial charge >= 0.3 is 18.4 Å². The summed E-state index contributed by atoms with van der Waals surface area (Å²) in [5.41, 5.74) is -3.02. The average molecular weight is 430 g/mol. The second-order valence-corrected chi connectivity index (χ2v) is 6.12. The number of hydrogen-bond donors (Lipinski definition) is 1. The highest BCUT2D eigenvalue weighted by molar-refractivity contribution is 5.86. The largest absolute Gasteiger partial charge is 0.418 e. The molecule has 11 heteroatoms. The zero-order valence-corrected chi connectivity index (χ0v) is 15.1. The smallest absolute Gasteiger partial charge is 0.388 e. The van der Waals surface area contributed by atoms with E-state index in [4.69, 9.17) is 9.26 Å². The van der Waals surface area contributed by atoms with E-state index < -0.39 is 35.1 Å². The van der Waals surface area contributed by atoms with Crippen LogP contribution in [0.5, 0.6) is 5.88 Å². The van der Waals surface area contributed by atoms with Crippen molar-refractivity contribution in [2.75, 3.05) is 5.32 Å². The van der Waals surface area contributed by atoms with E-state index in [2.05, 4.69) is 10.5 Å². The third-order valence-corrected chi connectivity index (χ3v) is 3.90. The van der Waals surface area contributed by atoms with Gasteiger partial charge in [0.15, 0.2) is 0 Å². The predicted molar refractivity (Wildman–Crippen MR) is 92.8 cm³/mol. The van der Waals surface area contributed by atoms with Gasteiger partial charge in [0.2, 0.25) is 0 Å². The summed E-state index contributed by atoms with van der Waals surface area (Å²) >= 11 is 0. The number of halogens is 6. The van der Waals surface area contributed by atoms with Crippen molar-refractivity contribution in [3.63, 3.8) is 0 Å². The van der Waals surface area contributed by atoms with E-state index in [9.17, 15) is 31.1 Å². The van der Waals surface area contributed by atoms with Crippen molar-refractivity contribution < 1.29 is 40.4 Å². The number of aromatic nitrogens is 1. The molecule has 2 aromatic carbocycles. The number of hydrogen-bond acceptors (Lipinski definition) is 4. The molecule has 0 saturated heterocycles. The molecule has 1 heterocycles. The molecule has 0 spiro atoms. The predicted octanol–water partition coefficient (Wildman–Crippen LogP) is 6.30. The number of carbonyl (C=O) groups is 1. The number of nitrogens with zero attached hydrogens (tertiary/aromatic N) is 1. The molecule has 0 aliphatic heterocycles. The first-order chi connectivity index (χ1) is 13.9. The molecule has 3 aromatic rings. The van der Waals surface area contributed by atoms with Gasteiger partial charge in [-0.1, -0.05) is 12.1 Å². The van der Waals surface area contributed by atoms with Gasteiger partial charge in [-0.15, -0.1) is 0 Å². The molecule has 5 nitrogen and oxygen atoms in total. The fourth-order valence-electron chi connectivity index (χ4n) is 2.57. The Morgan fingerprint density at radius 3 is 2.17 bits per heavy atom. The topological polar surface area (TPSA) is 64.4 Å². The fourth-order valence-corrected chi connectivity index (χ4v) is 2.57. The standard InChI is InChI=1S/C19H12F6N2O3/c1-10-8-16(27-30-10)29-17(28)26-13-5-2-11(3-6-13)14-9-12(18(20,21)22)4-7-15(14)19(23,24)25/h2-9H,1H3,(H,26,28). The van der Waals surface area contributed by atoms with Crippen LogP contribution in [0.1, 0.15) is 16.9 Å². The van der Waals surface area contributed by atoms with Crippen LogP contribution in [0.4, 0.5) is 36.8 Å². The van der Waals surface area contributed by atoms with Crippen LogP contribution >= 0.6 is 0 Å². The minimum atomic E-state index is -4.85. The van der Waals surface area contributed by atoms with Crippen molar-refractivity contribution in [3.05, 3.63) is 65.4 Å². The Labute approximate surface area is 165 Å². The quantitative estimate of drug-likeness (QED) is 0.496. The second-order valence-electron chi connectivity index (χ2n) is 6.12. The van der Waals surface area contributed by atoms with Crippen LogP contribution in [0.25, 0.3) is 11.1 Å². The maximum absolute atomic E-state index is 13.3. The molecule has 3 rings (SSSR count). The Hall–Kier alpha value is -3.50. The summed E-state index contributed by atoms with van der Waals surface area (Å²) in [5.74, 6) is 0.309. The Balaban J connectivity index is 1.85. The minimum absolute atomic E-state index is 0.0968. The van der Waals surface area contributed by atoms with Gasteiger partial charge < -0.3 is 9.26 Å². The van der Waals surface area contributed by atoms with Crippen molar-refractivity contribution in [1.29, 1.82) is 0 Å². The van der Waals surface area contributed by atoms with Crippen LogP contribution in [0.3, 0.4) is 0 Å².